The van der Waals surface area contributed by atoms with E-state index >= 15 is 0 Å². The molecular weight excluding hydrogens is 210 g/mol. The Morgan fingerprint density at radius 1 is 1.56 bits per heavy atom. The first-order valence-corrected chi connectivity index (χ1v) is 5.50. The minimum Gasteiger partial charge on any atom is -0.384 e. The Morgan fingerprint density at radius 2 is 2.50 bits per heavy atom. The van der Waals surface area contributed by atoms with Crippen molar-refractivity contribution in [3.8, 4) is 0 Å². The predicted octanol–water partition coefficient (Wildman–Crippen LogP) is -0.211. The fourth-order valence-electron chi connectivity index (χ4n) is 1.63. The van der Waals surface area contributed by atoms with Gasteiger partial charge < -0.3 is 19.3 Å². The van der Waals surface area contributed by atoms with Crippen LogP contribution in [-0.2, 0) is 22.3 Å². The monoisotopic (exact) mass is 227 g/mol. The zero-order valence-electron chi connectivity index (χ0n) is 9.44. The summed E-state index contributed by atoms with van der Waals surface area (Å²) in [4.78, 5) is 4.29. The summed E-state index contributed by atoms with van der Waals surface area (Å²) in [6.45, 7) is 2.98. The van der Waals surface area contributed by atoms with E-state index in [9.17, 15) is 0 Å². The molecule has 0 bridgehead atoms. The molecule has 1 aliphatic heterocycles. The molecule has 2 heterocycles. The van der Waals surface area contributed by atoms with Crippen LogP contribution in [0.3, 0.4) is 0 Å². The van der Waals surface area contributed by atoms with Gasteiger partial charge in [0.15, 0.2) is 5.82 Å². The van der Waals surface area contributed by atoms with Gasteiger partial charge in [0, 0.05) is 32.5 Å². The number of aromatic nitrogens is 2. The summed E-state index contributed by atoms with van der Waals surface area (Å²) in [5.41, 5.74) is 0. The molecule has 0 aliphatic carbocycles. The lowest BCUT2D eigenvalue weighted by Gasteiger charge is -2.22. The van der Waals surface area contributed by atoms with Crippen LogP contribution in [0, 0.1) is 0 Å². The zero-order chi connectivity index (χ0) is 11.2. The van der Waals surface area contributed by atoms with Crippen molar-refractivity contribution in [2.45, 2.75) is 18.9 Å². The molecule has 90 valence electrons. The molecule has 1 saturated heterocycles. The number of rotatable bonds is 5. The largest absolute Gasteiger partial charge is 0.384 e. The van der Waals surface area contributed by atoms with Gasteiger partial charge in [-0.05, 0) is 0 Å². The summed E-state index contributed by atoms with van der Waals surface area (Å²) >= 11 is 0. The number of methoxy groups -OCH3 is 1. The molecule has 1 aliphatic rings. The molecule has 0 spiro atoms. The van der Waals surface area contributed by atoms with Gasteiger partial charge in [0.2, 0.25) is 5.89 Å². The molecule has 0 aromatic carbocycles. The summed E-state index contributed by atoms with van der Waals surface area (Å²) in [6, 6.07) is 0.282. The normalized spacial score (nSPS) is 21.2. The molecule has 1 N–H and O–H groups in total. The number of ether oxygens (including phenoxy) is 2. The first kappa shape index (κ1) is 11.5. The third kappa shape index (κ3) is 3.26. The second kappa shape index (κ2) is 5.93. The van der Waals surface area contributed by atoms with Crippen molar-refractivity contribution in [3.63, 3.8) is 0 Å². The van der Waals surface area contributed by atoms with Crippen LogP contribution in [0.1, 0.15) is 11.7 Å². The summed E-state index contributed by atoms with van der Waals surface area (Å²) in [5, 5.41) is 7.23. The average molecular weight is 227 g/mol. The molecule has 6 heteroatoms. The molecule has 1 aromatic heterocycles. The van der Waals surface area contributed by atoms with Gasteiger partial charge in [0.05, 0.1) is 19.8 Å². The van der Waals surface area contributed by atoms with Crippen molar-refractivity contribution >= 4 is 0 Å². The van der Waals surface area contributed by atoms with Crippen LogP contribution in [0.4, 0.5) is 0 Å². The molecule has 1 unspecified atom stereocenters. The second-order valence-corrected chi connectivity index (χ2v) is 3.78. The maximum Gasteiger partial charge on any atom is 0.228 e. The first-order chi connectivity index (χ1) is 7.88. The lowest BCUT2D eigenvalue weighted by Crippen LogP contribution is -2.42. The number of nitrogens with one attached hydrogen (secondary N) is 1. The molecular formula is C10H17N3O3. The Balaban J connectivity index is 1.81. The minimum atomic E-state index is 0.282. The molecule has 1 fully saturated rings. The van der Waals surface area contributed by atoms with E-state index in [2.05, 4.69) is 15.5 Å². The Bertz CT molecular complexity index is 310. The van der Waals surface area contributed by atoms with E-state index in [1.807, 2.05) is 0 Å². The molecule has 1 atom stereocenters. The van der Waals surface area contributed by atoms with Crippen molar-refractivity contribution in [2.24, 2.45) is 0 Å². The van der Waals surface area contributed by atoms with Gasteiger partial charge >= 0.3 is 0 Å². The number of nitrogens with zero attached hydrogens (tertiary/aromatic N) is 2. The standard InChI is InChI=1S/C10H17N3O3/c1-14-4-2-9-12-10(16-13-9)6-8-7-15-5-3-11-8/h8,11H,2-7H2,1H3. The first-order valence-electron chi connectivity index (χ1n) is 5.50. The average Bonchev–Trinajstić information content (AvgIpc) is 2.75. The van der Waals surface area contributed by atoms with Crippen LogP contribution in [0.5, 0.6) is 0 Å². The van der Waals surface area contributed by atoms with Crippen LogP contribution >= 0.6 is 0 Å². The van der Waals surface area contributed by atoms with Gasteiger partial charge in [-0.15, -0.1) is 0 Å². The van der Waals surface area contributed by atoms with E-state index in [4.69, 9.17) is 14.0 Å². The SMILES string of the molecule is COCCc1noc(CC2COCCN2)n1. The number of morpholine rings is 1. The molecule has 2 rings (SSSR count). The fourth-order valence-corrected chi connectivity index (χ4v) is 1.63. The van der Waals surface area contributed by atoms with Crippen LogP contribution < -0.4 is 5.32 Å². The fraction of sp³-hybridized carbons (Fsp3) is 0.800. The third-order valence-electron chi connectivity index (χ3n) is 2.46. The highest BCUT2D eigenvalue weighted by molar-refractivity contribution is 4.90. The maximum absolute atomic E-state index is 5.35. The molecule has 6 nitrogen and oxygen atoms in total. The minimum absolute atomic E-state index is 0.282. The lowest BCUT2D eigenvalue weighted by atomic mass is 10.2. The van der Waals surface area contributed by atoms with Crippen LogP contribution in [-0.4, -0.2) is 49.7 Å². The number of hydrogen-bond acceptors (Lipinski definition) is 6. The summed E-state index contributed by atoms with van der Waals surface area (Å²) in [6.07, 6.45) is 1.41. The predicted molar refractivity (Wildman–Crippen MR) is 56.2 cm³/mol. The lowest BCUT2D eigenvalue weighted by molar-refractivity contribution is 0.0744. The summed E-state index contributed by atoms with van der Waals surface area (Å²) in [7, 11) is 1.66. The highest BCUT2D eigenvalue weighted by Crippen LogP contribution is 2.04. The van der Waals surface area contributed by atoms with Crippen LogP contribution in [0.2, 0.25) is 0 Å². The van der Waals surface area contributed by atoms with Gasteiger partial charge in [-0.1, -0.05) is 5.16 Å². The Morgan fingerprint density at radius 3 is 3.25 bits per heavy atom. The Hall–Kier alpha value is -0.980. The highest BCUT2D eigenvalue weighted by Gasteiger charge is 2.17. The quantitative estimate of drug-likeness (QED) is 0.750. The number of hydrogen-bond donors (Lipinski definition) is 1. The molecule has 0 radical (unpaired) electrons. The van der Waals surface area contributed by atoms with Gasteiger partial charge in [0.25, 0.3) is 0 Å². The van der Waals surface area contributed by atoms with E-state index in [0.29, 0.717) is 31.3 Å². The molecule has 1 aromatic rings. The Kier molecular flexibility index (Phi) is 4.26. The third-order valence-corrected chi connectivity index (χ3v) is 2.46. The smallest absolute Gasteiger partial charge is 0.228 e. The maximum atomic E-state index is 5.35. The topological polar surface area (TPSA) is 69.4 Å². The highest BCUT2D eigenvalue weighted by atomic mass is 16.5. The van der Waals surface area contributed by atoms with Crippen molar-refractivity contribution in [1.82, 2.24) is 15.5 Å². The van der Waals surface area contributed by atoms with Crippen molar-refractivity contribution in [3.05, 3.63) is 11.7 Å². The second-order valence-electron chi connectivity index (χ2n) is 3.78. The molecule has 0 amide bonds. The van der Waals surface area contributed by atoms with E-state index in [0.717, 1.165) is 19.6 Å². The van der Waals surface area contributed by atoms with Gasteiger partial charge in [-0.3, -0.25) is 0 Å². The van der Waals surface area contributed by atoms with Gasteiger partial charge in [-0.2, -0.15) is 4.98 Å². The van der Waals surface area contributed by atoms with Gasteiger partial charge in [0.1, 0.15) is 0 Å². The van der Waals surface area contributed by atoms with Crippen molar-refractivity contribution in [2.75, 3.05) is 33.5 Å². The molecule has 0 saturated carbocycles. The van der Waals surface area contributed by atoms with Crippen molar-refractivity contribution in [1.29, 1.82) is 0 Å². The van der Waals surface area contributed by atoms with E-state index in [1.54, 1.807) is 7.11 Å². The van der Waals surface area contributed by atoms with E-state index in [1.165, 1.54) is 0 Å². The summed E-state index contributed by atoms with van der Waals surface area (Å²) < 4.78 is 15.5. The van der Waals surface area contributed by atoms with Crippen LogP contribution in [0.15, 0.2) is 4.52 Å². The Labute approximate surface area is 94.3 Å². The zero-order valence-corrected chi connectivity index (χ0v) is 9.44. The van der Waals surface area contributed by atoms with E-state index in [-0.39, 0.29) is 6.04 Å². The molecule has 16 heavy (non-hydrogen) atoms. The van der Waals surface area contributed by atoms with Crippen molar-refractivity contribution < 1.29 is 14.0 Å². The summed E-state index contributed by atoms with van der Waals surface area (Å²) in [5.74, 6) is 1.36. The van der Waals surface area contributed by atoms with E-state index < -0.39 is 0 Å². The van der Waals surface area contributed by atoms with Crippen LogP contribution in [0.25, 0.3) is 0 Å². The van der Waals surface area contributed by atoms with Gasteiger partial charge in [-0.25, -0.2) is 0 Å².